The number of hydrogen-bond donors (Lipinski definition) is 4. The van der Waals surface area contributed by atoms with Crippen molar-refractivity contribution in [2.24, 2.45) is 0 Å². The lowest BCUT2D eigenvalue weighted by Gasteiger charge is -2.18. The number of rotatable bonds is 27. The Kier molecular flexibility index (Phi) is 18.4. The molecule has 0 saturated heterocycles. The van der Waals surface area contributed by atoms with Crippen LogP contribution >= 0.6 is 21.6 Å². The molecule has 0 aliphatic rings. The number of methoxy groups -OCH3 is 4. The van der Waals surface area contributed by atoms with Crippen LogP contribution in [-0.4, -0.2) is 113 Å². The summed E-state index contributed by atoms with van der Waals surface area (Å²) >= 11 is 0. The molecule has 0 aliphatic carbocycles. The predicted molar refractivity (Wildman–Crippen MR) is 228 cm³/mol. The summed E-state index contributed by atoms with van der Waals surface area (Å²) in [6.45, 7) is 5.97. The summed E-state index contributed by atoms with van der Waals surface area (Å²) in [5, 5.41) is 8.68. The largest absolute Gasteiger partial charge is 0.493 e. The highest BCUT2D eigenvalue weighted by atomic mass is 33.1. The van der Waals surface area contributed by atoms with Crippen LogP contribution in [0.25, 0.3) is 21.8 Å². The van der Waals surface area contributed by atoms with Crippen LogP contribution in [0.15, 0.2) is 24.3 Å². The van der Waals surface area contributed by atoms with Crippen molar-refractivity contribution in [3.63, 3.8) is 0 Å². The Bertz CT molecular complexity index is 1610. The van der Waals surface area contributed by atoms with E-state index in [1.807, 2.05) is 59.9 Å². The molecule has 2 heterocycles. The lowest BCUT2D eigenvalue weighted by Crippen LogP contribution is -2.22. The maximum atomic E-state index is 6.26. The van der Waals surface area contributed by atoms with E-state index in [-0.39, 0.29) is 0 Å². The van der Waals surface area contributed by atoms with Crippen molar-refractivity contribution < 1.29 is 18.9 Å². The van der Waals surface area contributed by atoms with E-state index in [4.69, 9.17) is 40.4 Å². The van der Waals surface area contributed by atoms with Crippen LogP contribution in [0.5, 0.6) is 23.0 Å². The Morgan fingerprint density at radius 3 is 1.28 bits per heavy atom. The van der Waals surface area contributed by atoms with Gasteiger partial charge in [-0.15, -0.1) is 0 Å². The second-order valence-electron chi connectivity index (χ2n) is 13.1. The Morgan fingerprint density at radius 1 is 0.519 bits per heavy atom. The number of hydrogen-bond acceptors (Lipinski definition) is 16. The van der Waals surface area contributed by atoms with Gasteiger partial charge in [0.1, 0.15) is 11.6 Å². The zero-order chi connectivity index (χ0) is 38.7. The van der Waals surface area contributed by atoms with Gasteiger partial charge in [-0.1, -0.05) is 47.3 Å². The van der Waals surface area contributed by atoms with Crippen molar-refractivity contribution in [2.45, 2.75) is 51.4 Å². The molecule has 0 radical (unpaired) electrons. The van der Waals surface area contributed by atoms with Crippen LogP contribution < -0.4 is 50.8 Å². The molecule has 298 valence electrons. The summed E-state index contributed by atoms with van der Waals surface area (Å²) in [6, 6.07) is 7.33. The number of nitrogens with two attached hydrogens (primary N) is 2. The first kappa shape index (κ1) is 42.9. The molecular formula is C38H60N10O4S2. The molecule has 6 N–H and O–H groups in total. The summed E-state index contributed by atoms with van der Waals surface area (Å²) in [5.41, 5.74) is 14.0. The van der Waals surface area contributed by atoms with Gasteiger partial charge in [0.05, 0.1) is 39.5 Å². The fraction of sp³-hybridized carbons (Fsp3) is 0.579. The molecule has 4 rings (SSSR count). The van der Waals surface area contributed by atoms with Crippen LogP contribution in [0.2, 0.25) is 0 Å². The molecule has 54 heavy (non-hydrogen) atoms. The third-order valence-corrected chi connectivity index (χ3v) is 11.5. The van der Waals surface area contributed by atoms with E-state index in [1.54, 1.807) is 28.4 Å². The fourth-order valence-electron chi connectivity index (χ4n) is 5.98. The maximum Gasteiger partial charge on any atom is 0.227 e. The lowest BCUT2D eigenvalue weighted by molar-refractivity contribution is 0.356. The zero-order valence-electron chi connectivity index (χ0n) is 32.9. The number of nitrogen functional groups attached to an aromatic ring is 2. The van der Waals surface area contributed by atoms with Gasteiger partial charge in [-0.3, -0.25) is 0 Å². The minimum Gasteiger partial charge on any atom is -0.493 e. The van der Waals surface area contributed by atoms with E-state index in [1.165, 1.54) is 38.5 Å². The van der Waals surface area contributed by atoms with E-state index < -0.39 is 0 Å². The molecule has 2 aromatic heterocycles. The minimum atomic E-state index is 0.437. The number of anilines is 4. The van der Waals surface area contributed by atoms with Gasteiger partial charge in [-0.25, -0.2) is 9.97 Å². The van der Waals surface area contributed by atoms with Crippen LogP contribution in [0.4, 0.5) is 23.5 Å². The summed E-state index contributed by atoms with van der Waals surface area (Å²) < 4.78 is 21.6. The molecule has 0 unspecified atom stereocenters. The molecule has 16 heteroatoms. The lowest BCUT2D eigenvalue weighted by atomic mass is 10.2. The highest BCUT2D eigenvalue weighted by molar-refractivity contribution is 8.76. The molecule has 0 spiro atoms. The molecule has 0 fully saturated rings. The number of ether oxygens (including phenoxy) is 4. The van der Waals surface area contributed by atoms with E-state index in [0.29, 0.717) is 46.5 Å². The van der Waals surface area contributed by atoms with Crippen molar-refractivity contribution in [1.29, 1.82) is 0 Å². The Morgan fingerprint density at radius 2 is 0.889 bits per heavy atom. The molecular weight excluding hydrogens is 725 g/mol. The van der Waals surface area contributed by atoms with Crippen molar-refractivity contribution in [1.82, 2.24) is 30.6 Å². The van der Waals surface area contributed by atoms with Crippen LogP contribution in [0.1, 0.15) is 51.4 Å². The van der Waals surface area contributed by atoms with Crippen molar-refractivity contribution in [2.75, 3.05) is 115 Å². The second kappa shape index (κ2) is 23.1. The van der Waals surface area contributed by atoms with Gasteiger partial charge in [0.2, 0.25) is 11.9 Å². The summed E-state index contributed by atoms with van der Waals surface area (Å²) in [6.07, 6.45) is 9.26. The quantitative estimate of drug-likeness (QED) is 0.0408. The monoisotopic (exact) mass is 784 g/mol. The molecule has 0 aliphatic heterocycles. The van der Waals surface area contributed by atoms with E-state index in [2.05, 4.69) is 30.4 Å². The fourth-order valence-corrected chi connectivity index (χ4v) is 7.87. The Balaban J connectivity index is 0.936. The van der Waals surface area contributed by atoms with Crippen LogP contribution in [0.3, 0.4) is 0 Å². The van der Waals surface area contributed by atoms with E-state index >= 15 is 0 Å². The number of benzene rings is 2. The molecule has 0 atom stereocenters. The third kappa shape index (κ3) is 12.9. The topological polar surface area (TPSA) is 171 Å². The smallest absolute Gasteiger partial charge is 0.227 e. The summed E-state index contributed by atoms with van der Waals surface area (Å²) in [4.78, 5) is 22.6. The number of aromatic nitrogens is 4. The molecule has 0 bridgehead atoms. The van der Waals surface area contributed by atoms with E-state index in [9.17, 15) is 0 Å². The second-order valence-corrected chi connectivity index (χ2v) is 15.8. The van der Waals surface area contributed by atoms with Gasteiger partial charge >= 0.3 is 0 Å². The van der Waals surface area contributed by atoms with Crippen LogP contribution in [-0.2, 0) is 0 Å². The normalized spacial score (nSPS) is 11.3. The average Bonchev–Trinajstić information content (AvgIpc) is 3.18. The van der Waals surface area contributed by atoms with Gasteiger partial charge in [0.25, 0.3) is 0 Å². The van der Waals surface area contributed by atoms with Gasteiger partial charge in [0.15, 0.2) is 23.0 Å². The SMILES string of the molecule is COc1cc2nc(N(C)CCCCCCNCCSSCCNCCCCCCN(C)c3nc(N)c4cc(OC)c(OC)cc4n3)nc(N)c2cc1OC. The Labute approximate surface area is 328 Å². The van der Waals surface area contributed by atoms with Gasteiger partial charge in [-0.05, 0) is 50.9 Å². The van der Waals surface area contributed by atoms with E-state index in [0.717, 1.165) is 85.4 Å². The first-order chi connectivity index (χ1) is 26.3. The highest BCUT2D eigenvalue weighted by Crippen LogP contribution is 2.35. The summed E-state index contributed by atoms with van der Waals surface area (Å²) in [5.74, 6) is 6.83. The number of nitrogens with zero attached hydrogens (tertiary/aromatic N) is 6. The van der Waals surface area contributed by atoms with Gasteiger partial charge in [0, 0.05) is 74.7 Å². The molecule has 4 aromatic rings. The maximum absolute atomic E-state index is 6.26. The number of unbranched alkanes of at least 4 members (excludes halogenated alkanes) is 6. The first-order valence-electron chi connectivity index (χ1n) is 18.8. The Hall–Kier alpha value is -3.86. The van der Waals surface area contributed by atoms with Crippen molar-refractivity contribution in [3.05, 3.63) is 24.3 Å². The number of fused-ring (bicyclic) bond motifs is 2. The standard InChI is InChI=1S/C38H60N10O4S2/c1-47(37-43-29-25-33(51-5)31(49-3)23-27(29)35(39)45-37)19-13-9-7-11-15-41-17-21-53-54-22-18-42-16-12-8-10-14-20-48(2)38-44-30-26-34(52-6)32(50-4)24-28(30)36(40)46-38/h23-26,41-42H,7-22H2,1-6H3,(H2,39,43,45)(H2,40,44,46). The van der Waals surface area contributed by atoms with Crippen molar-refractivity contribution in [3.8, 4) is 23.0 Å². The highest BCUT2D eigenvalue weighted by Gasteiger charge is 2.15. The average molecular weight is 785 g/mol. The predicted octanol–water partition coefficient (Wildman–Crippen LogP) is 6.03. The number of nitrogens with one attached hydrogen (secondary N) is 2. The molecule has 0 amide bonds. The minimum absolute atomic E-state index is 0.437. The zero-order valence-corrected chi connectivity index (χ0v) is 34.5. The van der Waals surface area contributed by atoms with Crippen LogP contribution in [0, 0.1) is 0 Å². The molecule has 0 saturated carbocycles. The van der Waals surface area contributed by atoms with Crippen molar-refractivity contribution >= 4 is 66.9 Å². The summed E-state index contributed by atoms with van der Waals surface area (Å²) in [7, 11) is 14.4. The van der Waals surface area contributed by atoms with Gasteiger partial charge < -0.3 is 50.8 Å². The third-order valence-electron chi connectivity index (χ3n) is 9.12. The first-order valence-corrected chi connectivity index (χ1v) is 21.2. The van der Waals surface area contributed by atoms with Gasteiger partial charge in [-0.2, -0.15) is 9.97 Å². The molecule has 2 aromatic carbocycles. The molecule has 14 nitrogen and oxygen atoms in total.